The first-order valence-electron chi connectivity index (χ1n) is 6.31. The van der Waals surface area contributed by atoms with Crippen molar-refractivity contribution in [2.45, 2.75) is 39.8 Å². The summed E-state index contributed by atoms with van der Waals surface area (Å²) in [6, 6.07) is 0. The van der Waals surface area contributed by atoms with Crippen LogP contribution >= 0.6 is 0 Å². The molecule has 100 valence electrons. The largest absolute Gasteiger partial charge is 0.444 e. The highest BCUT2D eigenvalue weighted by molar-refractivity contribution is 5.69. The fraction of sp³-hybridized carbons (Fsp3) is 0.692. The van der Waals surface area contributed by atoms with E-state index in [4.69, 9.17) is 4.74 Å². The molecule has 1 saturated heterocycles. The molecule has 1 amide bonds. The molecule has 5 nitrogen and oxygen atoms in total. The van der Waals surface area contributed by atoms with Crippen molar-refractivity contribution >= 4 is 6.09 Å². The zero-order valence-corrected chi connectivity index (χ0v) is 11.5. The van der Waals surface area contributed by atoms with Crippen LogP contribution in [0.2, 0.25) is 0 Å². The maximum absolute atomic E-state index is 11.7. The van der Waals surface area contributed by atoms with E-state index in [2.05, 4.69) is 9.55 Å². The maximum atomic E-state index is 11.7. The van der Waals surface area contributed by atoms with Gasteiger partial charge in [0, 0.05) is 37.9 Å². The third-order valence-corrected chi connectivity index (χ3v) is 2.99. The predicted molar refractivity (Wildman–Crippen MR) is 68.3 cm³/mol. The molecule has 1 aliphatic heterocycles. The summed E-state index contributed by atoms with van der Waals surface area (Å²) in [6.45, 7) is 10.1. The smallest absolute Gasteiger partial charge is 0.410 e. The van der Waals surface area contributed by atoms with Gasteiger partial charge in [0.1, 0.15) is 11.4 Å². The van der Waals surface area contributed by atoms with Crippen molar-refractivity contribution in [1.82, 2.24) is 14.5 Å². The van der Waals surface area contributed by atoms with Gasteiger partial charge in [-0.3, -0.25) is 0 Å². The van der Waals surface area contributed by atoms with Crippen LogP contribution in [0.25, 0.3) is 0 Å². The molecular weight excluding hydrogens is 230 g/mol. The Morgan fingerprint density at radius 1 is 1.50 bits per heavy atom. The van der Waals surface area contributed by atoms with Crippen LogP contribution in [0.4, 0.5) is 4.79 Å². The van der Waals surface area contributed by atoms with Crippen LogP contribution in [0, 0.1) is 12.8 Å². The summed E-state index contributed by atoms with van der Waals surface area (Å²) >= 11 is 0. The lowest BCUT2D eigenvalue weighted by atomic mass is 10.0. The van der Waals surface area contributed by atoms with Gasteiger partial charge in [-0.25, -0.2) is 9.78 Å². The maximum Gasteiger partial charge on any atom is 0.410 e. The second-order valence-corrected chi connectivity index (χ2v) is 5.88. The Hall–Kier alpha value is -1.52. The lowest BCUT2D eigenvalue weighted by molar-refractivity contribution is -0.00339. The standard InChI is InChI=1S/C13H21N3O2/c1-10-14-5-6-15(10)7-11-8-16(9-11)12(17)18-13(2,3)4/h5-6,11H,7-9H2,1-4H3. The Morgan fingerprint density at radius 2 is 2.17 bits per heavy atom. The summed E-state index contributed by atoms with van der Waals surface area (Å²) in [5.74, 6) is 1.52. The molecule has 2 rings (SSSR count). The molecular formula is C13H21N3O2. The number of nitrogens with zero attached hydrogens (tertiary/aromatic N) is 3. The van der Waals surface area contributed by atoms with Gasteiger partial charge in [0.15, 0.2) is 0 Å². The van der Waals surface area contributed by atoms with Crippen LogP contribution in [0.1, 0.15) is 26.6 Å². The number of aryl methyl sites for hydroxylation is 1. The Balaban J connectivity index is 1.77. The minimum Gasteiger partial charge on any atom is -0.444 e. The van der Waals surface area contributed by atoms with Crippen molar-refractivity contribution in [2.24, 2.45) is 5.92 Å². The Kier molecular flexibility index (Phi) is 3.32. The molecule has 0 bridgehead atoms. The van der Waals surface area contributed by atoms with Crippen molar-refractivity contribution in [2.75, 3.05) is 13.1 Å². The normalized spacial score (nSPS) is 16.6. The van der Waals surface area contributed by atoms with Crippen LogP contribution in [0.3, 0.4) is 0 Å². The van der Waals surface area contributed by atoms with Crippen molar-refractivity contribution in [3.05, 3.63) is 18.2 Å². The zero-order chi connectivity index (χ0) is 13.3. The predicted octanol–water partition coefficient (Wildman–Crippen LogP) is 2.06. The average Bonchev–Trinajstić information content (AvgIpc) is 2.54. The van der Waals surface area contributed by atoms with Gasteiger partial charge in [0.05, 0.1) is 0 Å². The van der Waals surface area contributed by atoms with Gasteiger partial charge in [-0.1, -0.05) is 0 Å². The van der Waals surface area contributed by atoms with Gasteiger partial charge in [-0.05, 0) is 27.7 Å². The van der Waals surface area contributed by atoms with E-state index in [-0.39, 0.29) is 6.09 Å². The van der Waals surface area contributed by atoms with E-state index in [9.17, 15) is 4.79 Å². The van der Waals surface area contributed by atoms with Crippen molar-refractivity contribution in [1.29, 1.82) is 0 Å². The lowest BCUT2D eigenvalue weighted by Crippen LogP contribution is -2.52. The molecule has 2 heterocycles. The van der Waals surface area contributed by atoms with Crippen molar-refractivity contribution in [3.8, 4) is 0 Å². The van der Waals surface area contributed by atoms with E-state index in [1.165, 1.54) is 0 Å². The summed E-state index contributed by atoms with van der Waals surface area (Å²) in [5.41, 5.74) is -0.414. The third-order valence-electron chi connectivity index (χ3n) is 2.99. The number of amides is 1. The van der Waals surface area contributed by atoms with Gasteiger partial charge in [0.25, 0.3) is 0 Å². The monoisotopic (exact) mass is 251 g/mol. The second kappa shape index (κ2) is 4.63. The lowest BCUT2D eigenvalue weighted by Gasteiger charge is -2.40. The molecule has 0 atom stereocenters. The number of ether oxygens (including phenoxy) is 1. The first kappa shape index (κ1) is 12.9. The Morgan fingerprint density at radius 3 is 2.67 bits per heavy atom. The van der Waals surface area contributed by atoms with Crippen LogP contribution < -0.4 is 0 Å². The van der Waals surface area contributed by atoms with Crippen molar-refractivity contribution in [3.63, 3.8) is 0 Å². The highest BCUT2D eigenvalue weighted by Gasteiger charge is 2.33. The van der Waals surface area contributed by atoms with E-state index in [1.807, 2.05) is 33.9 Å². The molecule has 1 aliphatic rings. The molecule has 1 aromatic heterocycles. The average molecular weight is 251 g/mol. The summed E-state index contributed by atoms with van der Waals surface area (Å²) < 4.78 is 7.44. The zero-order valence-electron chi connectivity index (χ0n) is 11.5. The number of imidazole rings is 1. The quantitative estimate of drug-likeness (QED) is 0.808. The molecule has 1 fully saturated rings. The van der Waals surface area contributed by atoms with Gasteiger partial charge >= 0.3 is 6.09 Å². The first-order chi connectivity index (χ1) is 8.35. The van der Waals surface area contributed by atoms with E-state index >= 15 is 0 Å². The number of rotatable bonds is 2. The summed E-state index contributed by atoms with van der Waals surface area (Å²) in [6.07, 6.45) is 3.58. The molecule has 0 aliphatic carbocycles. The Bertz CT molecular complexity index is 428. The van der Waals surface area contributed by atoms with Crippen molar-refractivity contribution < 1.29 is 9.53 Å². The van der Waals surface area contributed by atoms with Gasteiger partial charge in [0.2, 0.25) is 0 Å². The SMILES string of the molecule is Cc1nccn1CC1CN(C(=O)OC(C)(C)C)C1. The Labute approximate surface area is 108 Å². The highest BCUT2D eigenvalue weighted by Crippen LogP contribution is 2.21. The highest BCUT2D eigenvalue weighted by atomic mass is 16.6. The minimum absolute atomic E-state index is 0.207. The summed E-state index contributed by atoms with van der Waals surface area (Å²) in [4.78, 5) is 17.7. The number of carbonyl (C=O) groups is 1. The molecule has 0 unspecified atom stereocenters. The molecule has 0 saturated carbocycles. The first-order valence-corrected chi connectivity index (χ1v) is 6.31. The number of likely N-dealkylation sites (tertiary alicyclic amines) is 1. The topological polar surface area (TPSA) is 47.4 Å². The van der Waals surface area contributed by atoms with E-state index in [0.29, 0.717) is 5.92 Å². The molecule has 0 aromatic carbocycles. The molecule has 1 aromatic rings. The van der Waals surface area contributed by atoms with Gasteiger partial charge in [-0.2, -0.15) is 0 Å². The number of hydrogen-bond donors (Lipinski definition) is 0. The number of aromatic nitrogens is 2. The summed E-state index contributed by atoms with van der Waals surface area (Å²) in [7, 11) is 0. The summed E-state index contributed by atoms with van der Waals surface area (Å²) in [5, 5.41) is 0. The molecule has 0 radical (unpaired) electrons. The van der Waals surface area contributed by atoms with Crippen LogP contribution in [0.15, 0.2) is 12.4 Å². The van der Waals surface area contributed by atoms with E-state index in [0.717, 1.165) is 25.5 Å². The van der Waals surface area contributed by atoms with Crippen LogP contribution in [-0.4, -0.2) is 39.2 Å². The number of carbonyl (C=O) groups excluding carboxylic acids is 1. The molecule has 0 spiro atoms. The number of hydrogen-bond acceptors (Lipinski definition) is 3. The minimum atomic E-state index is -0.414. The second-order valence-electron chi connectivity index (χ2n) is 5.88. The fourth-order valence-electron chi connectivity index (χ4n) is 2.04. The van der Waals surface area contributed by atoms with E-state index in [1.54, 1.807) is 11.1 Å². The molecule has 18 heavy (non-hydrogen) atoms. The van der Waals surface area contributed by atoms with Crippen LogP contribution in [0.5, 0.6) is 0 Å². The molecule has 5 heteroatoms. The van der Waals surface area contributed by atoms with E-state index < -0.39 is 5.60 Å². The fourth-order valence-corrected chi connectivity index (χ4v) is 2.04. The van der Waals surface area contributed by atoms with Gasteiger partial charge in [-0.15, -0.1) is 0 Å². The third kappa shape index (κ3) is 3.03. The van der Waals surface area contributed by atoms with Gasteiger partial charge < -0.3 is 14.2 Å². The van der Waals surface area contributed by atoms with Crippen LogP contribution in [-0.2, 0) is 11.3 Å². The molecule has 0 N–H and O–H groups in total.